The molecule has 47 heavy (non-hydrogen) atoms. The summed E-state index contributed by atoms with van der Waals surface area (Å²) in [7, 11) is -4.24. The molecule has 0 aliphatic carbocycles. The fourth-order valence-electron chi connectivity index (χ4n) is 5.02. The number of ether oxygens (including phenoxy) is 1. The predicted octanol–water partition coefficient (Wildman–Crippen LogP) is 6.28. The average Bonchev–Trinajstić information content (AvgIpc) is 3.07. The van der Waals surface area contributed by atoms with Gasteiger partial charge in [0.2, 0.25) is 11.8 Å². The molecule has 4 rings (SSSR count). The minimum absolute atomic E-state index is 0.0187. The van der Waals surface area contributed by atoms with Gasteiger partial charge in [0.25, 0.3) is 10.0 Å². The fourth-order valence-corrected chi connectivity index (χ4v) is 6.44. The first-order chi connectivity index (χ1) is 22.5. The number of halogens is 1. The summed E-state index contributed by atoms with van der Waals surface area (Å²) in [5, 5.41) is 3.01. The van der Waals surface area contributed by atoms with Crippen LogP contribution in [0.25, 0.3) is 0 Å². The molecule has 0 heterocycles. The number of nitrogens with one attached hydrogen (secondary N) is 1. The summed E-state index contributed by atoms with van der Waals surface area (Å²) in [6, 6.07) is 26.7. The lowest BCUT2D eigenvalue weighted by molar-refractivity contribution is -0.140. The van der Waals surface area contributed by atoms with E-state index < -0.39 is 34.3 Å². The highest BCUT2D eigenvalue weighted by Crippen LogP contribution is 2.27. The summed E-state index contributed by atoms with van der Waals surface area (Å²) in [6.45, 7) is 7.33. The van der Waals surface area contributed by atoms with Gasteiger partial charge in [-0.05, 0) is 86.8 Å². The third-order valence-electron chi connectivity index (χ3n) is 7.86. The number of anilines is 1. The van der Waals surface area contributed by atoms with Crippen molar-refractivity contribution in [2.24, 2.45) is 0 Å². The summed E-state index contributed by atoms with van der Waals surface area (Å²) < 4.78 is 48.9. The fraction of sp³-hybridized carbons (Fsp3) is 0.297. The van der Waals surface area contributed by atoms with Gasteiger partial charge in [-0.15, -0.1) is 0 Å². The van der Waals surface area contributed by atoms with Crippen molar-refractivity contribution < 1.29 is 27.1 Å². The van der Waals surface area contributed by atoms with E-state index in [1.165, 1.54) is 29.2 Å². The summed E-state index contributed by atoms with van der Waals surface area (Å²) in [6.07, 6.45) is 0.861. The van der Waals surface area contributed by atoms with E-state index >= 15 is 0 Å². The number of benzene rings is 4. The Kier molecular flexibility index (Phi) is 12.1. The molecular formula is C37H42FN3O5S. The molecule has 0 saturated heterocycles. The van der Waals surface area contributed by atoms with E-state index in [9.17, 15) is 22.4 Å². The Hall–Kier alpha value is -4.70. The molecular weight excluding hydrogens is 617 g/mol. The number of sulfonamides is 1. The second-order valence-corrected chi connectivity index (χ2v) is 13.3. The van der Waals surface area contributed by atoms with Crippen LogP contribution in [-0.2, 0) is 32.6 Å². The molecule has 0 radical (unpaired) electrons. The molecule has 0 spiro atoms. The first kappa shape index (κ1) is 35.2. The predicted molar refractivity (Wildman–Crippen MR) is 182 cm³/mol. The third kappa shape index (κ3) is 9.42. The number of aryl methyl sites for hydroxylation is 1. The Morgan fingerprint density at radius 1 is 0.851 bits per heavy atom. The molecule has 248 valence electrons. The van der Waals surface area contributed by atoms with E-state index in [4.69, 9.17) is 4.74 Å². The quantitative estimate of drug-likeness (QED) is 0.162. The van der Waals surface area contributed by atoms with Crippen molar-refractivity contribution in [1.82, 2.24) is 10.2 Å². The van der Waals surface area contributed by atoms with Gasteiger partial charge >= 0.3 is 0 Å². The van der Waals surface area contributed by atoms with Gasteiger partial charge in [0, 0.05) is 19.0 Å². The first-order valence-electron chi connectivity index (χ1n) is 15.7. The topological polar surface area (TPSA) is 96.0 Å². The van der Waals surface area contributed by atoms with E-state index in [1.807, 2.05) is 58.0 Å². The van der Waals surface area contributed by atoms with Crippen molar-refractivity contribution in [2.75, 3.05) is 17.5 Å². The molecule has 2 amide bonds. The van der Waals surface area contributed by atoms with E-state index in [1.54, 1.807) is 48.5 Å². The molecule has 4 aromatic rings. The van der Waals surface area contributed by atoms with Crippen molar-refractivity contribution in [3.05, 3.63) is 126 Å². The molecule has 0 bridgehead atoms. The standard InChI is InChI=1S/C37H42FN3O5S/c1-5-28(4)39-37(43)35(24-29-10-8-7-9-11-29)40(25-30-14-16-31(38)17-15-30)36(42)26-41(32-18-20-33(21-19-32)46-6-2)47(44,45)34-22-12-27(3)13-23-34/h7-23,28,35H,5-6,24-26H2,1-4H3,(H,39,43)/t28-,35-/m1/s1. The minimum Gasteiger partial charge on any atom is -0.494 e. The Morgan fingerprint density at radius 2 is 1.49 bits per heavy atom. The van der Waals surface area contributed by atoms with Crippen molar-refractivity contribution in [2.45, 2.75) is 64.1 Å². The Bertz CT molecular complexity index is 1720. The number of rotatable bonds is 15. The normalized spacial score (nSPS) is 12.5. The van der Waals surface area contributed by atoms with Crippen LogP contribution >= 0.6 is 0 Å². The van der Waals surface area contributed by atoms with Crippen LogP contribution in [0.2, 0.25) is 0 Å². The van der Waals surface area contributed by atoms with E-state index in [2.05, 4.69) is 5.32 Å². The Balaban J connectivity index is 1.80. The molecule has 0 unspecified atom stereocenters. The van der Waals surface area contributed by atoms with Crippen LogP contribution in [0, 0.1) is 12.7 Å². The summed E-state index contributed by atoms with van der Waals surface area (Å²) >= 11 is 0. The Labute approximate surface area is 277 Å². The van der Waals surface area contributed by atoms with Crippen LogP contribution in [0.3, 0.4) is 0 Å². The zero-order valence-electron chi connectivity index (χ0n) is 27.2. The molecule has 2 atom stereocenters. The van der Waals surface area contributed by atoms with Gasteiger partial charge in [-0.25, -0.2) is 12.8 Å². The van der Waals surface area contributed by atoms with Gasteiger partial charge in [0.05, 0.1) is 17.2 Å². The second kappa shape index (κ2) is 16.2. The number of amides is 2. The van der Waals surface area contributed by atoms with E-state index in [-0.39, 0.29) is 35.5 Å². The van der Waals surface area contributed by atoms with Crippen LogP contribution < -0.4 is 14.4 Å². The molecule has 0 aliphatic heterocycles. The SMILES string of the molecule is CCOc1ccc(N(CC(=O)N(Cc2ccc(F)cc2)[C@H](Cc2ccccc2)C(=O)N[C@H](C)CC)S(=O)(=O)c2ccc(C)cc2)cc1. The number of nitrogens with zero attached hydrogens (tertiary/aromatic N) is 2. The zero-order chi connectivity index (χ0) is 34.0. The maximum absolute atomic E-state index is 14.5. The maximum Gasteiger partial charge on any atom is 0.264 e. The lowest BCUT2D eigenvalue weighted by Crippen LogP contribution is -2.54. The Morgan fingerprint density at radius 3 is 2.09 bits per heavy atom. The molecule has 10 heteroatoms. The number of carbonyl (C=O) groups excluding carboxylic acids is 2. The van der Waals surface area contributed by atoms with Crippen LogP contribution in [0.5, 0.6) is 5.75 Å². The van der Waals surface area contributed by atoms with Crippen LogP contribution in [0.15, 0.2) is 108 Å². The summed E-state index contributed by atoms with van der Waals surface area (Å²) in [4.78, 5) is 29.8. The maximum atomic E-state index is 14.5. The highest BCUT2D eigenvalue weighted by Gasteiger charge is 2.35. The van der Waals surface area contributed by atoms with Crippen molar-refractivity contribution >= 4 is 27.5 Å². The molecule has 0 fully saturated rings. The molecule has 0 saturated carbocycles. The van der Waals surface area contributed by atoms with Crippen LogP contribution in [0.4, 0.5) is 10.1 Å². The molecule has 4 aromatic carbocycles. The second-order valence-electron chi connectivity index (χ2n) is 11.4. The van der Waals surface area contributed by atoms with Crippen molar-refractivity contribution in [3.63, 3.8) is 0 Å². The minimum atomic E-state index is -4.24. The molecule has 0 aromatic heterocycles. The highest BCUT2D eigenvalue weighted by molar-refractivity contribution is 7.92. The lowest BCUT2D eigenvalue weighted by atomic mass is 10.0. The van der Waals surface area contributed by atoms with Crippen molar-refractivity contribution in [1.29, 1.82) is 0 Å². The number of carbonyl (C=O) groups is 2. The smallest absolute Gasteiger partial charge is 0.264 e. The average molecular weight is 660 g/mol. The summed E-state index contributed by atoms with van der Waals surface area (Å²) in [5.74, 6) is -0.850. The van der Waals surface area contributed by atoms with Crippen LogP contribution in [0.1, 0.15) is 43.9 Å². The van der Waals surface area contributed by atoms with E-state index in [0.717, 1.165) is 15.4 Å². The number of hydrogen-bond acceptors (Lipinski definition) is 5. The largest absolute Gasteiger partial charge is 0.494 e. The van der Waals surface area contributed by atoms with Gasteiger partial charge in [0.15, 0.2) is 0 Å². The molecule has 0 aliphatic rings. The molecule has 1 N–H and O–H groups in total. The highest BCUT2D eigenvalue weighted by atomic mass is 32.2. The van der Waals surface area contributed by atoms with Gasteiger partial charge in [0.1, 0.15) is 24.2 Å². The molecule has 8 nitrogen and oxygen atoms in total. The number of hydrogen-bond donors (Lipinski definition) is 1. The van der Waals surface area contributed by atoms with Crippen molar-refractivity contribution in [3.8, 4) is 5.75 Å². The zero-order valence-corrected chi connectivity index (χ0v) is 28.0. The summed E-state index contributed by atoms with van der Waals surface area (Å²) in [5.41, 5.74) is 2.55. The van der Waals surface area contributed by atoms with Gasteiger partial charge < -0.3 is 15.0 Å². The first-order valence-corrected chi connectivity index (χ1v) is 17.2. The van der Waals surface area contributed by atoms with Crippen LogP contribution in [-0.4, -0.2) is 50.4 Å². The monoisotopic (exact) mass is 659 g/mol. The van der Waals surface area contributed by atoms with E-state index in [0.29, 0.717) is 24.3 Å². The lowest BCUT2D eigenvalue weighted by Gasteiger charge is -2.34. The van der Waals surface area contributed by atoms with Gasteiger partial charge in [-0.2, -0.15) is 0 Å². The van der Waals surface area contributed by atoms with Gasteiger partial charge in [-0.1, -0.05) is 67.1 Å². The van der Waals surface area contributed by atoms with Gasteiger partial charge in [-0.3, -0.25) is 13.9 Å². The third-order valence-corrected chi connectivity index (χ3v) is 9.65.